The number of aryl methyl sites for hydroxylation is 2. The van der Waals surface area contributed by atoms with Crippen molar-refractivity contribution in [2.45, 2.75) is 43.7 Å². The molecule has 0 radical (unpaired) electrons. The highest BCUT2D eigenvalue weighted by atomic mass is 32.2. The minimum Gasteiger partial charge on any atom is -0.497 e. The molecule has 5 nitrogen and oxygen atoms in total. The Morgan fingerprint density at radius 2 is 2.14 bits per heavy atom. The van der Waals surface area contributed by atoms with Crippen LogP contribution in [-0.2, 0) is 12.8 Å². The maximum atomic E-state index is 13.7. The molecule has 2 aromatic heterocycles. The summed E-state index contributed by atoms with van der Waals surface area (Å²) >= 11 is 3.20. The highest BCUT2D eigenvalue weighted by molar-refractivity contribution is 7.99. The topological polar surface area (TPSA) is 64.3 Å². The van der Waals surface area contributed by atoms with E-state index in [2.05, 4.69) is 0 Å². The molecule has 0 atom stereocenters. The molecule has 1 aliphatic rings. The van der Waals surface area contributed by atoms with E-state index >= 15 is 0 Å². The number of aliphatic hydroxyl groups is 1. The highest BCUT2D eigenvalue weighted by Gasteiger charge is 2.22. The summed E-state index contributed by atoms with van der Waals surface area (Å²) in [4.78, 5) is 20.7. The second-order valence-corrected chi connectivity index (χ2v) is 9.05. The largest absolute Gasteiger partial charge is 0.497 e. The smallest absolute Gasteiger partial charge is 0.267 e. The monoisotopic (exact) mass is 416 g/mol. The van der Waals surface area contributed by atoms with Crippen LogP contribution < -0.4 is 10.3 Å². The third-order valence-electron chi connectivity index (χ3n) is 5.05. The second-order valence-electron chi connectivity index (χ2n) is 6.91. The van der Waals surface area contributed by atoms with Gasteiger partial charge in [-0.3, -0.25) is 9.36 Å². The fraction of sp³-hybridized carbons (Fsp3) is 0.429. The summed E-state index contributed by atoms with van der Waals surface area (Å²) in [5, 5.41) is 10.6. The molecule has 0 fully saturated rings. The number of aliphatic hydroxyl groups excluding tert-OH is 1. The molecule has 0 amide bonds. The van der Waals surface area contributed by atoms with Gasteiger partial charge in [0.2, 0.25) is 0 Å². The average molecular weight is 417 g/mol. The number of thiophene rings is 1. The van der Waals surface area contributed by atoms with E-state index in [1.807, 2.05) is 24.3 Å². The van der Waals surface area contributed by atoms with Crippen molar-refractivity contribution >= 4 is 33.3 Å². The fourth-order valence-corrected chi connectivity index (χ4v) is 5.90. The van der Waals surface area contributed by atoms with Crippen LogP contribution in [0.25, 0.3) is 15.9 Å². The van der Waals surface area contributed by atoms with Gasteiger partial charge in [-0.15, -0.1) is 11.3 Å². The average Bonchev–Trinajstić information content (AvgIpc) is 2.90. The van der Waals surface area contributed by atoms with Gasteiger partial charge in [-0.05, 0) is 49.8 Å². The summed E-state index contributed by atoms with van der Waals surface area (Å²) in [6.07, 6.45) is 6.20. The van der Waals surface area contributed by atoms with Gasteiger partial charge in [0.1, 0.15) is 10.6 Å². The lowest BCUT2D eigenvalue weighted by Gasteiger charge is -2.13. The zero-order valence-electron chi connectivity index (χ0n) is 15.9. The molecule has 0 bridgehead atoms. The maximum Gasteiger partial charge on any atom is 0.267 e. The van der Waals surface area contributed by atoms with E-state index in [1.54, 1.807) is 23.0 Å². The number of rotatable bonds is 6. The molecule has 1 aliphatic carbocycles. The number of hydrogen-bond donors (Lipinski definition) is 1. The molecule has 3 aromatic rings. The molecule has 1 N–H and O–H groups in total. The molecule has 2 heterocycles. The second kappa shape index (κ2) is 8.68. The van der Waals surface area contributed by atoms with Crippen molar-refractivity contribution in [2.75, 3.05) is 19.5 Å². The van der Waals surface area contributed by atoms with Crippen molar-refractivity contribution in [1.29, 1.82) is 0 Å². The molecule has 148 valence electrons. The van der Waals surface area contributed by atoms with Gasteiger partial charge in [-0.2, -0.15) is 0 Å². The summed E-state index contributed by atoms with van der Waals surface area (Å²) in [5.74, 6) is 1.42. The van der Waals surface area contributed by atoms with Gasteiger partial charge in [-0.1, -0.05) is 24.2 Å². The van der Waals surface area contributed by atoms with Crippen molar-refractivity contribution in [3.63, 3.8) is 0 Å². The number of fused-ring (bicyclic) bond motifs is 3. The van der Waals surface area contributed by atoms with Crippen molar-refractivity contribution < 1.29 is 9.84 Å². The first-order chi connectivity index (χ1) is 13.7. The SMILES string of the molecule is COc1cccc(-n2c(SCCCO)nc3sc4c(c3c2=O)CCCCC4)c1. The van der Waals surface area contributed by atoms with Crippen molar-refractivity contribution in [1.82, 2.24) is 9.55 Å². The first kappa shape index (κ1) is 19.5. The standard InChI is InChI=1S/C21H24N2O3S2/c1-26-15-8-5-7-14(13-15)23-20(25)18-16-9-3-2-4-10-17(16)28-19(18)22-21(23)27-12-6-11-24/h5,7-8,13,24H,2-4,6,9-12H2,1H3. The fourth-order valence-electron chi connectivity index (χ4n) is 3.67. The number of ether oxygens (including phenoxy) is 1. The summed E-state index contributed by atoms with van der Waals surface area (Å²) in [7, 11) is 1.62. The Morgan fingerprint density at radius 3 is 2.96 bits per heavy atom. The normalized spacial score (nSPS) is 14.1. The molecular formula is C21H24N2O3S2. The molecule has 0 saturated carbocycles. The van der Waals surface area contributed by atoms with E-state index in [-0.39, 0.29) is 12.2 Å². The summed E-state index contributed by atoms with van der Waals surface area (Å²) in [5.41, 5.74) is 1.97. The van der Waals surface area contributed by atoms with Gasteiger partial charge in [-0.25, -0.2) is 4.98 Å². The molecule has 0 saturated heterocycles. The molecule has 1 aromatic carbocycles. The lowest BCUT2D eigenvalue weighted by Crippen LogP contribution is -2.22. The van der Waals surface area contributed by atoms with Crippen molar-refractivity contribution in [3.8, 4) is 11.4 Å². The van der Waals surface area contributed by atoms with Crippen LogP contribution in [0.3, 0.4) is 0 Å². The van der Waals surface area contributed by atoms with E-state index in [9.17, 15) is 4.79 Å². The third-order valence-corrected chi connectivity index (χ3v) is 7.26. The zero-order valence-corrected chi connectivity index (χ0v) is 17.6. The number of thioether (sulfide) groups is 1. The van der Waals surface area contributed by atoms with Crippen LogP contribution in [0, 0.1) is 0 Å². The van der Waals surface area contributed by atoms with Gasteiger partial charge in [0.05, 0.1) is 18.2 Å². The molecule has 28 heavy (non-hydrogen) atoms. The molecule has 0 aliphatic heterocycles. The van der Waals surface area contributed by atoms with E-state index in [0.29, 0.717) is 23.1 Å². The van der Waals surface area contributed by atoms with Crippen LogP contribution in [0.15, 0.2) is 34.2 Å². The van der Waals surface area contributed by atoms with Crippen LogP contribution in [-0.4, -0.2) is 34.1 Å². The third kappa shape index (κ3) is 3.71. The van der Waals surface area contributed by atoms with Gasteiger partial charge in [0, 0.05) is 23.3 Å². The summed E-state index contributed by atoms with van der Waals surface area (Å²) in [6, 6.07) is 7.55. The lowest BCUT2D eigenvalue weighted by atomic mass is 10.1. The Labute approximate surface area is 172 Å². The molecule has 4 rings (SSSR count). The first-order valence-corrected chi connectivity index (χ1v) is 11.5. The summed E-state index contributed by atoms with van der Waals surface area (Å²) in [6.45, 7) is 0.131. The van der Waals surface area contributed by atoms with Gasteiger partial charge in [0.25, 0.3) is 5.56 Å². The number of hydrogen-bond acceptors (Lipinski definition) is 6. The Kier molecular flexibility index (Phi) is 6.04. The summed E-state index contributed by atoms with van der Waals surface area (Å²) < 4.78 is 7.07. The van der Waals surface area contributed by atoms with Crippen LogP contribution in [0.5, 0.6) is 5.75 Å². The zero-order chi connectivity index (χ0) is 19.5. The minimum atomic E-state index is 0.00384. The van der Waals surface area contributed by atoms with E-state index in [4.69, 9.17) is 14.8 Å². The maximum absolute atomic E-state index is 13.7. The van der Waals surface area contributed by atoms with Crippen LogP contribution >= 0.6 is 23.1 Å². The highest BCUT2D eigenvalue weighted by Crippen LogP contribution is 2.35. The Morgan fingerprint density at radius 1 is 1.29 bits per heavy atom. The molecule has 0 spiro atoms. The van der Waals surface area contributed by atoms with Crippen LogP contribution in [0.1, 0.15) is 36.1 Å². The molecule has 7 heteroatoms. The van der Waals surface area contributed by atoms with Crippen molar-refractivity contribution in [3.05, 3.63) is 45.1 Å². The predicted octanol–water partition coefficient (Wildman–Crippen LogP) is 4.20. The number of aromatic nitrogens is 2. The molecule has 0 unspecified atom stereocenters. The van der Waals surface area contributed by atoms with Gasteiger partial charge >= 0.3 is 0 Å². The first-order valence-electron chi connectivity index (χ1n) is 9.68. The Balaban J connectivity index is 1.93. The quantitative estimate of drug-likeness (QED) is 0.282. The van der Waals surface area contributed by atoms with E-state index in [1.165, 1.54) is 35.0 Å². The van der Waals surface area contributed by atoms with Crippen LogP contribution in [0.2, 0.25) is 0 Å². The number of methoxy groups -OCH3 is 1. The Bertz CT molecular complexity index is 1040. The minimum absolute atomic E-state index is 0.00384. The Hall–Kier alpha value is -1.83. The predicted molar refractivity (Wildman–Crippen MR) is 115 cm³/mol. The van der Waals surface area contributed by atoms with E-state index in [0.717, 1.165) is 35.2 Å². The van der Waals surface area contributed by atoms with Crippen molar-refractivity contribution in [2.24, 2.45) is 0 Å². The van der Waals surface area contributed by atoms with Crippen LogP contribution in [0.4, 0.5) is 0 Å². The van der Waals surface area contributed by atoms with Gasteiger partial charge in [0.15, 0.2) is 5.16 Å². The van der Waals surface area contributed by atoms with Gasteiger partial charge < -0.3 is 9.84 Å². The van der Waals surface area contributed by atoms with E-state index < -0.39 is 0 Å². The number of nitrogens with zero attached hydrogens (tertiary/aromatic N) is 2. The molecular weight excluding hydrogens is 392 g/mol. The number of benzene rings is 1. The lowest BCUT2D eigenvalue weighted by molar-refractivity contribution is 0.296.